The van der Waals surface area contributed by atoms with Crippen LogP contribution in [0.2, 0.25) is 0 Å². The van der Waals surface area contributed by atoms with E-state index in [-0.39, 0.29) is 11.9 Å². The minimum Gasteiger partial charge on any atom is -0.348 e. The Bertz CT molecular complexity index is 669. The average Bonchev–Trinajstić information content (AvgIpc) is 2.99. The smallest absolute Gasteiger partial charge is 0.272 e. The molecule has 1 unspecified atom stereocenters. The molecule has 1 aromatic carbocycles. The van der Waals surface area contributed by atoms with Crippen LogP contribution in [0.5, 0.6) is 0 Å². The Morgan fingerprint density at radius 3 is 2.82 bits per heavy atom. The van der Waals surface area contributed by atoms with Crippen molar-refractivity contribution in [3.05, 3.63) is 47.7 Å². The van der Waals surface area contributed by atoms with E-state index in [2.05, 4.69) is 38.6 Å². The van der Waals surface area contributed by atoms with Crippen molar-refractivity contribution in [2.24, 2.45) is 0 Å². The number of anilines is 2. The molecule has 5 heteroatoms. The van der Waals surface area contributed by atoms with E-state index in [9.17, 15) is 4.79 Å². The lowest BCUT2D eigenvalue weighted by Crippen LogP contribution is -2.32. The molecule has 0 aliphatic carbocycles. The fourth-order valence-corrected chi connectivity index (χ4v) is 2.57. The number of aromatic nitrogens is 2. The zero-order chi connectivity index (χ0) is 15.5. The summed E-state index contributed by atoms with van der Waals surface area (Å²) in [5, 5.41) is 11.2. The highest BCUT2D eigenvalue weighted by atomic mass is 16.2. The number of nitrogens with zero attached hydrogens (tertiary/aromatic N) is 3. The van der Waals surface area contributed by atoms with Gasteiger partial charge in [-0.05, 0) is 43.5 Å². The standard InChI is InChI=1S/C17H20N4O/c1-3-12(2)18-17(22)14-8-9-16(20-19-14)21-11-10-13-6-4-5-7-15(13)21/h4-9,12H,3,10-11H2,1-2H3,(H,18,22). The number of hydrogen-bond acceptors (Lipinski definition) is 4. The normalized spacial score (nSPS) is 14.5. The van der Waals surface area contributed by atoms with Crippen LogP contribution in [0.1, 0.15) is 36.3 Å². The van der Waals surface area contributed by atoms with Crippen LogP contribution in [0, 0.1) is 0 Å². The molecule has 1 atom stereocenters. The van der Waals surface area contributed by atoms with Gasteiger partial charge in [0.2, 0.25) is 0 Å². The lowest BCUT2D eigenvalue weighted by molar-refractivity contribution is 0.0933. The Hall–Kier alpha value is -2.43. The fourth-order valence-electron chi connectivity index (χ4n) is 2.57. The molecule has 1 aliphatic rings. The van der Waals surface area contributed by atoms with Crippen molar-refractivity contribution in [1.82, 2.24) is 15.5 Å². The molecule has 0 fully saturated rings. The van der Waals surface area contributed by atoms with Crippen LogP contribution in [0.15, 0.2) is 36.4 Å². The summed E-state index contributed by atoms with van der Waals surface area (Å²) in [6, 6.07) is 12.0. The average molecular weight is 296 g/mol. The van der Waals surface area contributed by atoms with E-state index in [1.165, 1.54) is 11.3 Å². The molecular formula is C17H20N4O. The highest BCUT2D eigenvalue weighted by Crippen LogP contribution is 2.32. The minimum absolute atomic E-state index is 0.138. The lowest BCUT2D eigenvalue weighted by atomic mass is 10.2. The summed E-state index contributed by atoms with van der Waals surface area (Å²) in [5.74, 6) is 0.611. The predicted molar refractivity (Wildman–Crippen MR) is 86.4 cm³/mol. The van der Waals surface area contributed by atoms with Gasteiger partial charge in [-0.2, -0.15) is 0 Å². The first kappa shape index (κ1) is 14.5. The molecule has 22 heavy (non-hydrogen) atoms. The molecular weight excluding hydrogens is 276 g/mol. The molecule has 2 heterocycles. The largest absolute Gasteiger partial charge is 0.348 e. The van der Waals surface area contributed by atoms with Crippen molar-refractivity contribution < 1.29 is 4.79 Å². The number of nitrogens with one attached hydrogen (secondary N) is 1. The molecule has 3 rings (SSSR count). The molecule has 114 valence electrons. The molecule has 2 aromatic rings. The molecule has 1 N–H and O–H groups in total. The number of benzene rings is 1. The van der Waals surface area contributed by atoms with Gasteiger partial charge in [0, 0.05) is 18.3 Å². The van der Waals surface area contributed by atoms with Crippen molar-refractivity contribution in [3.63, 3.8) is 0 Å². The third-order valence-corrected chi connectivity index (χ3v) is 4.04. The molecule has 1 amide bonds. The number of hydrogen-bond donors (Lipinski definition) is 1. The van der Waals surface area contributed by atoms with Gasteiger partial charge in [0.25, 0.3) is 5.91 Å². The first-order valence-electron chi connectivity index (χ1n) is 7.69. The van der Waals surface area contributed by atoms with Gasteiger partial charge >= 0.3 is 0 Å². The van der Waals surface area contributed by atoms with Crippen LogP contribution < -0.4 is 10.2 Å². The summed E-state index contributed by atoms with van der Waals surface area (Å²) >= 11 is 0. The van der Waals surface area contributed by atoms with Crippen molar-refractivity contribution in [3.8, 4) is 0 Å². The van der Waals surface area contributed by atoms with Gasteiger partial charge in [0.15, 0.2) is 11.5 Å². The first-order chi connectivity index (χ1) is 10.7. The summed E-state index contributed by atoms with van der Waals surface area (Å²) in [6.07, 6.45) is 1.90. The second-order valence-electron chi connectivity index (χ2n) is 5.59. The highest BCUT2D eigenvalue weighted by Gasteiger charge is 2.21. The van der Waals surface area contributed by atoms with Gasteiger partial charge in [0.1, 0.15) is 0 Å². The van der Waals surface area contributed by atoms with Gasteiger partial charge in [-0.1, -0.05) is 25.1 Å². The highest BCUT2D eigenvalue weighted by molar-refractivity contribution is 5.92. The summed E-state index contributed by atoms with van der Waals surface area (Å²) in [4.78, 5) is 14.2. The topological polar surface area (TPSA) is 58.1 Å². The van der Waals surface area contributed by atoms with Crippen LogP contribution in [0.25, 0.3) is 0 Å². The quantitative estimate of drug-likeness (QED) is 0.942. The predicted octanol–water partition coefficient (Wildman–Crippen LogP) is 2.70. The SMILES string of the molecule is CCC(C)NC(=O)c1ccc(N2CCc3ccccc32)nn1. The van der Waals surface area contributed by atoms with E-state index in [0.29, 0.717) is 5.69 Å². The van der Waals surface area contributed by atoms with E-state index < -0.39 is 0 Å². The number of para-hydroxylation sites is 1. The van der Waals surface area contributed by atoms with Gasteiger partial charge in [0.05, 0.1) is 0 Å². The third kappa shape index (κ3) is 2.79. The molecule has 1 aliphatic heterocycles. The third-order valence-electron chi connectivity index (χ3n) is 4.04. The second-order valence-corrected chi connectivity index (χ2v) is 5.59. The van der Waals surface area contributed by atoms with Gasteiger partial charge in [-0.3, -0.25) is 4.79 Å². The summed E-state index contributed by atoms with van der Waals surface area (Å²) in [6.45, 7) is 4.90. The maximum absolute atomic E-state index is 12.0. The van der Waals surface area contributed by atoms with E-state index in [1.807, 2.05) is 26.0 Å². The van der Waals surface area contributed by atoms with Crippen LogP contribution in [-0.2, 0) is 6.42 Å². The zero-order valence-electron chi connectivity index (χ0n) is 12.9. The fraction of sp³-hybridized carbons (Fsp3) is 0.353. The number of carbonyl (C=O) groups is 1. The van der Waals surface area contributed by atoms with Crippen LogP contribution in [-0.4, -0.2) is 28.7 Å². The van der Waals surface area contributed by atoms with Crippen molar-refractivity contribution in [2.75, 3.05) is 11.4 Å². The Morgan fingerprint density at radius 2 is 2.09 bits per heavy atom. The van der Waals surface area contributed by atoms with Crippen LogP contribution >= 0.6 is 0 Å². The first-order valence-corrected chi connectivity index (χ1v) is 7.69. The summed E-state index contributed by atoms with van der Waals surface area (Å²) < 4.78 is 0. The Labute approximate surface area is 130 Å². The maximum atomic E-state index is 12.0. The zero-order valence-corrected chi connectivity index (χ0v) is 12.9. The molecule has 0 radical (unpaired) electrons. The number of amides is 1. The molecule has 1 aromatic heterocycles. The van der Waals surface area contributed by atoms with E-state index >= 15 is 0 Å². The summed E-state index contributed by atoms with van der Waals surface area (Å²) in [5.41, 5.74) is 2.85. The van der Waals surface area contributed by atoms with Crippen molar-refractivity contribution in [1.29, 1.82) is 0 Å². The van der Waals surface area contributed by atoms with Crippen molar-refractivity contribution in [2.45, 2.75) is 32.7 Å². The molecule has 0 saturated heterocycles. The van der Waals surface area contributed by atoms with Crippen molar-refractivity contribution >= 4 is 17.4 Å². The lowest BCUT2D eigenvalue weighted by Gasteiger charge is -2.17. The molecule has 0 spiro atoms. The Kier molecular flexibility index (Phi) is 4.04. The molecule has 5 nitrogen and oxygen atoms in total. The van der Waals surface area contributed by atoms with Gasteiger partial charge < -0.3 is 10.2 Å². The van der Waals surface area contributed by atoms with Gasteiger partial charge in [-0.15, -0.1) is 10.2 Å². The number of carbonyl (C=O) groups excluding carboxylic acids is 1. The van der Waals surface area contributed by atoms with E-state index in [0.717, 1.165) is 25.2 Å². The maximum Gasteiger partial charge on any atom is 0.272 e. The van der Waals surface area contributed by atoms with E-state index in [4.69, 9.17) is 0 Å². The monoisotopic (exact) mass is 296 g/mol. The van der Waals surface area contributed by atoms with E-state index in [1.54, 1.807) is 6.07 Å². The van der Waals surface area contributed by atoms with Crippen LogP contribution in [0.3, 0.4) is 0 Å². The minimum atomic E-state index is -0.171. The number of fused-ring (bicyclic) bond motifs is 1. The Balaban J connectivity index is 1.77. The van der Waals surface area contributed by atoms with Gasteiger partial charge in [-0.25, -0.2) is 0 Å². The second kappa shape index (κ2) is 6.13. The number of rotatable bonds is 4. The Morgan fingerprint density at radius 1 is 1.27 bits per heavy atom. The van der Waals surface area contributed by atoms with Crippen LogP contribution in [0.4, 0.5) is 11.5 Å². The summed E-state index contributed by atoms with van der Waals surface area (Å²) in [7, 11) is 0. The molecule has 0 bridgehead atoms. The molecule has 0 saturated carbocycles.